The normalized spacial score (nSPS) is 18.0. The number of fused-ring (bicyclic) bond motifs is 1. The third-order valence-corrected chi connectivity index (χ3v) is 5.30. The van der Waals surface area contributed by atoms with Crippen LogP contribution in [0.3, 0.4) is 0 Å². The third kappa shape index (κ3) is 3.54. The van der Waals surface area contributed by atoms with Crippen molar-refractivity contribution < 1.29 is 9.21 Å². The molecule has 5 heteroatoms. The van der Waals surface area contributed by atoms with Crippen LogP contribution in [0.25, 0.3) is 11.0 Å². The zero-order valence-corrected chi connectivity index (χ0v) is 16.3. The molecule has 1 aliphatic heterocycles. The van der Waals surface area contributed by atoms with Gasteiger partial charge < -0.3 is 9.32 Å². The minimum absolute atomic E-state index is 0.109. The molecule has 1 fully saturated rings. The first-order valence-electron chi connectivity index (χ1n) is 9.30. The maximum atomic E-state index is 12.5. The van der Waals surface area contributed by atoms with Crippen LogP contribution in [0.2, 0.25) is 0 Å². The van der Waals surface area contributed by atoms with Crippen LogP contribution in [0.15, 0.2) is 27.4 Å². The second-order valence-corrected chi connectivity index (χ2v) is 7.81. The predicted octanol–water partition coefficient (Wildman–Crippen LogP) is 3.28. The molecule has 2 heterocycles. The molecular weight excluding hydrogens is 328 g/mol. The molecule has 0 saturated carbocycles. The third-order valence-electron chi connectivity index (χ3n) is 5.30. The molecule has 26 heavy (non-hydrogen) atoms. The van der Waals surface area contributed by atoms with Gasteiger partial charge in [-0.3, -0.25) is 9.69 Å². The summed E-state index contributed by atoms with van der Waals surface area (Å²) in [6, 6.07) is 5.58. The Morgan fingerprint density at radius 3 is 2.69 bits per heavy atom. The van der Waals surface area contributed by atoms with Crippen molar-refractivity contribution in [3.63, 3.8) is 0 Å². The Hall–Kier alpha value is -2.14. The fourth-order valence-corrected chi connectivity index (χ4v) is 3.96. The van der Waals surface area contributed by atoms with Crippen LogP contribution in [0, 0.1) is 6.92 Å². The molecule has 2 aromatic rings. The lowest BCUT2D eigenvalue weighted by Gasteiger charge is -2.26. The van der Waals surface area contributed by atoms with Gasteiger partial charge in [-0.25, -0.2) is 4.79 Å². The van der Waals surface area contributed by atoms with Gasteiger partial charge in [-0.05, 0) is 61.1 Å². The minimum atomic E-state index is -0.334. The molecule has 1 saturated heterocycles. The smallest absolute Gasteiger partial charge is 0.336 e. The zero-order chi connectivity index (χ0) is 19.0. The molecule has 1 aromatic heterocycles. The van der Waals surface area contributed by atoms with Gasteiger partial charge in [0.2, 0.25) is 5.91 Å². The van der Waals surface area contributed by atoms with Gasteiger partial charge in [0, 0.05) is 32.1 Å². The lowest BCUT2D eigenvalue weighted by molar-refractivity contribution is -0.133. The van der Waals surface area contributed by atoms with Crippen LogP contribution in [-0.4, -0.2) is 42.4 Å². The van der Waals surface area contributed by atoms with E-state index in [9.17, 15) is 9.59 Å². The summed E-state index contributed by atoms with van der Waals surface area (Å²) in [6.07, 6.45) is 1.87. The molecule has 0 aliphatic carbocycles. The van der Waals surface area contributed by atoms with Crippen LogP contribution < -0.4 is 5.63 Å². The quantitative estimate of drug-likeness (QED) is 0.789. The molecule has 0 N–H and O–H groups in total. The fourth-order valence-electron chi connectivity index (χ4n) is 3.96. The van der Waals surface area contributed by atoms with Gasteiger partial charge in [0.1, 0.15) is 5.58 Å². The lowest BCUT2D eigenvalue weighted by Crippen LogP contribution is -2.42. The van der Waals surface area contributed by atoms with E-state index in [1.807, 2.05) is 13.0 Å². The minimum Gasteiger partial charge on any atom is -0.423 e. The van der Waals surface area contributed by atoms with Crippen LogP contribution >= 0.6 is 0 Å². The Labute approximate surface area is 154 Å². The number of nitrogens with zero attached hydrogens (tertiary/aromatic N) is 2. The molecule has 0 radical (unpaired) electrons. The van der Waals surface area contributed by atoms with E-state index in [2.05, 4.69) is 24.8 Å². The summed E-state index contributed by atoms with van der Waals surface area (Å²) in [6.45, 7) is 7.84. The standard InChI is InChI=1S/C21H28N2O3/c1-13(2)16-11-17-15(10-20(24)26-19(17)9-14(16)3)12-23-8-6-7-18(23)21(25)22(4)5/h9-11,13,18H,6-8,12H2,1-5H3. The van der Waals surface area contributed by atoms with Gasteiger partial charge in [-0.15, -0.1) is 0 Å². The maximum absolute atomic E-state index is 12.5. The van der Waals surface area contributed by atoms with E-state index in [1.54, 1.807) is 25.1 Å². The van der Waals surface area contributed by atoms with Crippen molar-refractivity contribution in [3.05, 3.63) is 45.3 Å². The first-order valence-corrected chi connectivity index (χ1v) is 9.30. The van der Waals surface area contributed by atoms with E-state index in [-0.39, 0.29) is 17.6 Å². The molecule has 1 atom stereocenters. The Bertz CT molecular complexity index is 883. The topological polar surface area (TPSA) is 53.8 Å². The number of likely N-dealkylation sites (tertiary alicyclic amines) is 1. The lowest BCUT2D eigenvalue weighted by atomic mass is 9.94. The Kier molecular flexibility index (Phi) is 5.19. The van der Waals surface area contributed by atoms with E-state index in [1.165, 1.54) is 5.56 Å². The first-order chi connectivity index (χ1) is 12.3. The van der Waals surface area contributed by atoms with Gasteiger partial charge in [-0.2, -0.15) is 0 Å². The maximum Gasteiger partial charge on any atom is 0.336 e. The van der Waals surface area contributed by atoms with Crippen LogP contribution in [0.1, 0.15) is 49.3 Å². The number of aryl methyl sites for hydroxylation is 1. The van der Waals surface area contributed by atoms with Gasteiger partial charge >= 0.3 is 5.63 Å². The van der Waals surface area contributed by atoms with Gasteiger partial charge in [0.25, 0.3) is 0 Å². The van der Waals surface area contributed by atoms with E-state index >= 15 is 0 Å². The second-order valence-electron chi connectivity index (χ2n) is 7.81. The molecule has 1 amide bonds. The molecule has 3 rings (SSSR count). The fraction of sp³-hybridized carbons (Fsp3) is 0.524. The van der Waals surface area contributed by atoms with Crippen molar-refractivity contribution in [1.82, 2.24) is 9.80 Å². The molecule has 1 aromatic carbocycles. The SMILES string of the molecule is Cc1cc2oc(=O)cc(CN3CCCC3C(=O)N(C)C)c2cc1C(C)C. The van der Waals surface area contributed by atoms with Crippen molar-refractivity contribution in [1.29, 1.82) is 0 Å². The Morgan fingerprint density at radius 2 is 2.04 bits per heavy atom. The van der Waals surface area contributed by atoms with Crippen molar-refractivity contribution >= 4 is 16.9 Å². The summed E-state index contributed by atoms with van der Waals surface area (Å²) in [5.74, 6) is 0.530. The summed E-state index contributed by atoms with van der Waals surface area (Å²) >= 11 is 0. The molecule has 140 valence electrons. The number of amides is 1. The molecule has 0 bridgehead atoms. The highest BCUT2D eigenvalue weighted by Crippen LogP contribution is 2.29. The predicted molar refractivity (Wildman–Crippen MR) is 103 cm³/mol. The van der Waals surface area contributed by atoms with Crippen molar-refractivity contribution in [3.8, 4) is 0 Å². The zero-order valence-electron chi connectivity index (χ0n) is 16.3. The number of likely N-dealkylation sites (N-methyl/N-ethyl adjacent to an activating group) is 1. The summed E-state index contributed by atoms with van der Waals surface area (Å²) in [5.41, 5.74) is 3.63. The van der Waals surface area contributed by atoms with Crippen molar-refractivity contribution in [2.45, 2.75) is 52.1 Å². The van der Waals surface area contributed by atoms with Crippen LogP contribution in [0.4, 0.5) is 0 Å². The molecule has 5 nitrogen and oxygen atoms in total. The summed E-state index contributed by atoms with van der Waals surface area (Å²) in [4.78, 5) is 28.4. The van der Waals surface area contributed by atoms with E-state index < -0.39 is 0 Å². The number of benzene rings is 1. The molecule has 1 aliphatic rings. The molecular formula is C21H28N2O3. The van der Waals surface area contributed by atoms with Gasteiger partial charge in [0.05, 0.1) is 6.04 Å². The van der Waals surface area contributed by atoms with E-state index in [0.717, 1.165) is 35.9 Å². The van der Waals surface area contributed by atoms with E-state index in [0.29, 0.717) is 18.0 Å². The number of rotatable bonds is 4. The number of carbonyl (C=O) groups is 1. The second kappa shape index (κ2) is 7.23. The number of hydrogen-bond donors (Lipinski definition) is 0. The van der Waals surface area contributed by atoms with Crippen LogP contribution in [-0.2, 0) is 11.3 Å². The van der Waals surface area contributed by atoms with Crippen molar-refractivity contribution in [2.75, 3.05) is 20.6 Å². The summed E-state index contributed by atoms with van der Waals surface area (Å²) in [5, 5.41) is 0.974. The average molecular weight is 356 g/mol. The highest BCUT2D eigenvalue weighted by atomic mass is 16.4. The number of hydrogen-bond acceptors (Lipinski definition) is 4. The highest BCUT2D eigenvalue weighted by molar-refractivity contribution is 5.83. The van der Waals surface area contributed by atoms with Crippen LogP contribution in [0.5, 0.6) is 0 Å². The average Bonchev–Trinajstić information content (AvgIpc) is 3.00. The van der Waals surface area contributed by atoms with Gasteiger partial charge in [0.15, 0.2) is 0 Å². The largest absolute Gasteiger partial charge is 0.423 e. The van der Waals surface area contributed by atoms with E-state index in [4.69, 9.17) is 4.42 Å². The Balaban J connectivity index is 2.03. The summed E-state index contributed by atoms with van der Waals surface area (Å²) in [7, 11) is 3.59. The van der Waals surface area contributed by atoms with Gasteiger partial charge in [-0.1, -0.05) is 13.8 Å². The van der Waals surface area contributed by atoms with Crippen molar-refractivity contribution in [2.24, 2.45) is 0 Å². The molecule has 0 spiro atoms. The Morgan fingerprint density at radius 1 is 1.31 bits per heavy atom. The first kappa shape index (κ1) is 18.6. The highest BCUT2D eigenvalue weighted by Gasteiger charge is 2.32. The monoisotopic (exact) mass is 356 g/mol. The molecule has 1 unspecified atom stereocenters. The number of carbonyl (C=O) groups excluding carboxylic acids is 1. The summed E-state index contributed by atoms with van der Waals surface area (Å²) < 4.78 is 5.45.